The summed E-state index contributed by atoms with van der Waals surface area (Å²) in [4.78, 5) is 11.8. The monoisotopic (exact) mass is 253 g/mol. The van der Waals surface area contributed by atoms with Gasteiger partial charge in [-0.2, -0.15) is 11.3 Å². The Hall–Kier alpha value is -0.830. The summed E-state index contributed by atoms with van der Waals surface area (Å²) in [7, 11) is 0. The molecule has 1 aromatic rings. The molecule has 0 spiro atoms. The molecule has 0 atom stereocenters. The topological polar surface area (TPSA) is 29.1 Å². The largest absolute Gasteiger partial charge is 0.356 e. The minimum Gasteiger partial charge on any atom is -0.356 e. The van der Waals surface area contributed by atoms with Crippen LogP contribution in [0.25, 0.3) is 0 Å². The Morgan fingerprint density at radius 2 is 1.94 bits per heavy atom. The quantitative estimate of drug-likeness (QED) is 0.828. The summed E-state index contributed by atoms with van der Waals surface area (Å²) in [5.41, 5.74) is 1.11. The van der Waals surface area contributed by atoms with E-state index in [1.54, 1.807) is 11.3 Å². The highest BCUT2D eigenvalue weighted by molar-refractivity contribution is 7.07. The van der Waals surface area contributed by atoms with Gasteiger partial charge in [0.1, 0.15) is 0 Å². The van der Waals surface area contributed by atoms with E-state index in [0.29, 0.717) is 24.2 Å². The van der Waals surface area contributed by atoms with Crippen molar-refractivity contribution in [3.8, 4) is 0 Å². The average molecular weight is 253 g/mol. The van der Waals surface area contributed by atoms with Crippen molar-refractivity contribution in [1.29, 1.82) is 0 Å². The van der Waals surface area contributed by atoms with Crippen molar-refractivity contribution in [2.45, 2.75) is 34.1 Å². The molecule has 17 heavy (non-hydrogen) atoms. The minimum absolute atomic E-state index is 0.134. The van der Waals surface area contributed by atoms with Gasteiger partial charge in [-0.3, -0.25) is 4.79 Å². The van der Waals surface area contributed by atoms with Gasteiger partial charge in [-0.05, 0) is 40.1 Å². The molecule has 1 aromatic heterocycles. The number of carbonyl (C=O) groups is 1. The predicted molar refractivity (Wildman–Crippen MR) is 74.2 cm³/mol. The van der Waals surface area contributed by atoms with Gasteiger partial charge in [-0.25, -0.2) is 0 Å². The lowest BCUT2D eigenvalue weighted by molar-refractivity contribution is -0.120. The lowest BCUT2D eigenvalue weighted by Crippen LogP contribution is -2.34. The predicted octanol–water partition coefficient (Wildman–Crippen LogP) is 3.34. The molecule has 0 aliphatic carbocycles. The van der Waals surface area contributed by atoms with Gasteiger partial charge in [0.25, 0.3) is 0 Å². The Bertz CT molecular complexity index is 322. The molecular formula is C14H23NOS. The molecule has 1 N–H and O–H groups in total. The van der Waals surface area contributed by atoms with Crippen molar-refractivity contribution in [2.24, 2.45) is 17.8 Å². The Kier molecular flexibility index (Phi) is 5.69. The molecule has 1 amide bonds. The SMILES string of the molecule is CC(C)C(CNC(=O)Cc1ccsc1)C(C)C. The Balaban J connectivity index is 2.36. The van der Waals surface area contributed by atoms with Crippen molar-refractivity contribution in [2.75, 3.05) is 6.54 Å². The molecule has 0 aliphatic heterocycles. The first-order valence-corrected chi connectivity index (χ1v) is 7.22. The van der Waals surface area contributed by atoms with Gasteiger partial charge in [0.05, 0.1) is 6.42 Å². The van der Waals surface area contributed by atoms with Crippen molar-refractivity contribution in [1.82, 2.24) is 5.32 Å². The first-order valence-electron chi connectivity index (χ1n) is 6.28. The molecule has 3 heteroatoms. The van der Waals surface area contributed by atoms with Crippen LogP contribution in [0.2, 0.25) is 0 Å². The molecule has 0 aromatic carbocycles. The maximum absolute atomic E-state index is 11.8. The van der Waals surface area contributed by atoms with Crippen LogP contribution in [0.15, 0.2) is 16.8 Å². The summed E-state index contributed by atoms with van der Waals surface area (Å²) in [6, 6.07) is 2.01. The van der Waals surface area contributed by atoms with Crippen molar-refractivity contribution < 1.29 is 4.79 Å². The third-order valence-electron chi connectivity index (χ3n) is 3.19. The lowest BCUT2D eigenvalue weighted by Gasteiger charge is -2.25. The van der Waals surface area contributed by atoms with Gasteiger partial charge in [0, 0.05) is 6.54 Å². The van der Waals surface area contributed by atoms with Gasteiger partial charge in [0.2, 0.25) is 5.91 Å². The van der Waals surface area contributed by atoms with Crippen LogP contribution >= 0.6 is 11.3 Å². The molecule has 0 bridgehead atoms. The summed E-state index contributed by atoms with van der Waals surface area (Å²) >= 11 is 1.64. The van der Waals surface area contributed by atoms with E-state index in [1.165, 1.54) is 0 Å². The molecule has 0 fully saturated rings. The summed E-state index contributed by atoms with van der Waals surface area (Å²) < 4.78 is 0. The third-order valence-corrected chi connectivity index (χ3v) is 3.92. The minimum atomic E-state index is 0.134. The van der Waals surface area contributed by atoms with Crippen LogP contribution in [0, 0.1) is 17.8 Å². The summed E-state index contributed by atoms with van der Waals surface area (Å²) in [5.74, 6) is 1.91. The Morgan fingerprint density at radius 1 is 1.29 bits per heavy atom. The number of thiophene rings is 1. The molecule has 0 unspecified atom stereocenters. The molecule has 0 radical (unpaired) electrons. The van der Waals surface area contributed by atoms with Crippen LogP contribution in [0.5, 0.6) is 0 Å². The van der Waals surface area contributed by atoms with Crippen LogP contribution in [0.4, 0.5) is 0 Å². The standard InChI is InChI=1S/C14H23NOS/c1-10(2)13(11(3)4)8-15-14(16)7-12-5-6-17-9-12/h5-6,9-11,13H,7-8H2,1-4H3,(H,15,16). The highest BCUT2D eigenvalue weighted by Crippen LogP contribution is 2.19. The number of rotatable bonds is 6. The second kappa shape index (κ2) is 6.80. The van der Waals surface area contributed by atoms with Crippen LogP contribution in [0.1, 0.15) is 33.3 Å². The van der Waals surface area contributed by atoms with E-state index in [1.807, 2.05) is 16.8 Å². The number of hydrogen-bond acceptors (Lipinski definition) is 2. The number of amides is 1. The molecule has 1 rings (SSSR count). The fourth-order valence-electron chi connectivity index (χ4n) is 2.11. The molecule has 2 nitrogen and oxygen atoms in total. The summed E-state index contributed by atoms with van der Waals surface area (Å²) in [6.07, 6.45) is 0.506. The zero-order valence-corrected chi connectivity index (χ0v) is 12.0. The first-order chi connectivity index (χ1) is 8.00. The van der Waals surface area contributed by atoms with E-state index in [2.05, 4.69) is 33.0 Å². The fourth-order valence-corrected chi connectivity index (χ4v) is 2.78. The van der Waals surface area contributed by atoms with Gasteiger partial charge in [-0.1, -0.05) is 27.7 Å². The maximum Gasteiger partial charge on any atom is 0.224 e. The summed E-state index contributed by atoms with van der Waals surface area (Å²) in [6.45, 7) is 9.66. The van der Waals surface area contributed by atoms with Gasteiger partial charge in [-0.15, -0.1) is 0 Å². The lowest BCUT2D eigenvalue weighted by atomic mass is 9.85. The van der Waals surface area contributed by atoms with E-state index in [4.69, 9.17) is 0 Å². The van der Waals surface area contributed by atoms with E-state index in [9.17, 15) is 4.79 Å². The Morgan fingerprint density at radius 3 is 2.41 bits per heavy atom. The van der Waals surface area contributed by atoms with Crippen molar-refractivity contribution >= 4 is 17.2 Å². The van der Waals surface area contributed by atoms with E-state index >= 15 is 0 Å². The second-order valence-corrected chi connectivity index (χ2v) is 6.04. The zero-order valence-electron chi connectivity index (χ0n) is 11.2. The summed E-state index contributed by atoms with van der Waals surface area (Å²) in [5, 5.41) is 7.09. The van der Waals surface area contributed by atoms with E-state index < -0.39 is 0 Å². The van der Waals surface area contributed by atoms with Gasteiger partial charge in [0.15, 0.2) is 0 Å². The van der Waals surface area contributed by atoms with E-state index in [-0.39, 0.29) is 5.91 Å². The highest BCUT2D eigenvalue weighted by atomic mass is 32.1. The number of carbonyl (C=O) groups excluding carboxylic acids is 1. The number of nitrogens with one attached hydrogen (secondary N) is 1. The molecule has 0 aliphatic rings. The maximum atomic E-state index is 11.8. The Labute approximate surface area is 108 Å². The molecular weight excluding hydrogens is 230 g/mol. The van der Waals surface area contributed by atoms with Crippen LogP contribution in [-0.4, -0.2) is 12.5 Å². The molecule has 0 saturated heterocycles. The normalized spacial score (nSPS) is 11.5. The third kappa shape index (κ3) is 4.90. The fraction of sp³-hybridized carbons (Fsp3) is 0.643. The van der Waals surface area contributed by atoms with Gasteiger partial charge >= 0.3 is 0 Å². The van der Waals surface area contributed by atoms with Crippen LogP contribution in [0.3, 0.4) is 0 Å². The average Bonchev–Trinajstić information content (AvgIpc) is 2.69. The molecule has 1 heterocycles. The second-order valence-electron chi connectivity index (χ2n) is 5.26. The zero-order chi connectivity index (χ0) is 12.8. The van der Waals surface area contributed by atoms with E-state index in [0.717, 1.165) is 12.1 Å². The van der Waals surface area contributed by atoms with Crippen LogP contribution < -0.4 is 5.32 Å². The van der Waals surface area contributed by atoms with Gasteiger partial charge < -0.3 is 5.32 Å². The van der Waals surface area contributed by atoms with Crippen molar-refractivity contribution in [3.63, 3.8) is 0 Å². The van der Waals surface area contributed by atoms with Crippen LogP contribution in [-0.2, 0) is 11.2 Å². The number of hydrogen-bond donors (Lipinski definition) is 1. The molecule has 96 valence electrons. The highest BCUT2D eigenvalue weighted by Gasteiger charge is 2.18. The first kappa shape index (κ1) is 14.2. The smallest absolute Gasteiger partial charge is 0.224 e. The van der Waals surface area contributed by atoms with Crippen molar-refractivity contribution in [3.05, 3.63) is 22.4 Å². The molecule has 0 saturated carbocycles.